The molecule has 0 unspecified atom stereocenters. The fraction of sp³-hybridized carbons (Fsp3) is 0.400. The maximum Gasteiger partial charge on any atom is 0.126 e. The van der Waals surface area contributed by atoms with Crippen molar-refractivity contribution in [1.82, 2.24) is 0 Å². The van der Waals surface area contributed by atoms with Crippen LogP contribution in [0.5, 0.6) is 46.0 Å². The van der Waals surface area contributed by atoms with Gasteiger partial charge in [-0.25, -0.2) is 0 Å². The number of hydrogen-bond acceptors (Lipinski definition) is 8. The predicted octanol–water partition coefficient (Wildman–Crippen LogP) is 20.1. The minimum absolute atomic E-state index is 0.225. The third-order valence-electron chi connectivity index (χ3n) is 18.6. The minimum Gasteiger partial charge on any atom is -0.489 e. The quantitative estimate of drug-likeness (QED) is 0.149. The minimum atomic E-state index is -0.225. The first-order valence-electron chi connectivity index (χ1n) is 32.6. The van der Waals surface area contributed by atoms with Gasteiger partial charge in [-0.3, -0.25) is 0 Å². The third kappa shape index (κ3) is 13.7. The van der Waals surface area contributed by atoms with E-state index in [9.17, 15) is 0 Å². The van der Waals surface area contributed by atoms with Gasteiger partial charge < -0.3 is 37.9 Å². The molecule has 6 aliphatic rings. The summed E-state index contributed by atoms with van der Waals surface area (Å²) in [6.45, 7) is 29.9. The van der Waals surface area contributed by atoms with E-state index in [-0.39, 0.29) is 74.5 Å². The van der Waals surface area contributed by atoms with E-state index in [1.54, 1.807) is 0 Å². The summed E-state index contributed by atoms with van der Waals surface area (Å²) >= 11 is 16.1. The fourth-order valence-corrected chi connectivity index (χ4v) is 16.2. The summed E-state index contributed by atoms with van der Waals surface area (Å²) in [6, 6.07) is 36.7. The van der Waals surface area contributed by atoms with Crippen LogP contribution in [0.2, 0.25) is 0 Å². The number of rotatable bonds is 0. The molecule has 0 spiro atoms. The Bertz CT molecular complexity index is 3500. The van der Waals surface area contributed by atoms with Crippen molar-refractivity contribution >= 4 is 63.7 Å². The smallest absolute Gasteiger partial charge is 0.126 e. The molecule has 24 bridgehead atoms. The molecule has 8 aromatic carbocycles. The van der Waals surface area contributed by atoms with E-state index in [0.29, 0.717) is 51.4 Å². The molecule has 0 aromatic heterocycles. The van der Waals surface area contributed by atoms with Gasteiger partial charge in [0.05, 0.1) is 0 Å². The Morgan fingerprint density at radius 2 is 0.304 bits per heavy atom. The van der Waals surface area contributed by atoms with E-state index in [1.807, 2.05) is 0 Å². The largest absolute Gasteiger partial charge is 0.489 e. The average molecular weight is 1490 g/mol. The molecular formula is C80H84Br4O8. The third-order valence-corrected chi connectivity index (χ3v) is 20.4. The molecule has 92 heavy (non-hydrogen) atoms. The van der Waals surface area contributed by atoms with Crippen LogP contribution in [-0.2, 0) is 73.0 Å². The number of fused-ring (bicyclic) bond motifs is 12. The van der Waals surface area contributed by atoms with Crippen molar-refractivity contribution < 1.29 is 37.9 Å². The summed E-state index contributed by atoms with van der Waals surface area (Å²) in [4.78, 5) is 0. The highest BCUT2D eigenvalue weighted by Gasteiger charge is 2.32. The van der Waals surface area contributed by atoms with Crippen LogP contribution >= 0.6 is 63.7 Å². The van der Waals surface area contributed by atoms with Crippen LogP contribution in [0.4, 0.5) is 0 Å². The van der Waals surface area contributed by atoms with E-state index in [0.717, 1.165) is 153 Å². The zero-order chi connectivity index (χ0) is 64.8. The highest BCUT2D eigenvalue weighted by molar-refractivity contribution is 9.11. The van der Waals surface area contributed by atoms with Crippen LogP contribution in [-0.4, -0.2) is 52.9 Å². The topological polar surface area (TPSA) is 73.8 Å². The molecule has 2 aliphatic carbocycles. The van der Waals surface area contributed by atoms with Gasteiger partial charge in [0.1, 0.15) is 98.9 Å². The number of hydrogen-bond donors (Lipinski definition) is 0. The van der Waals surface area contributed by atoms with Gasteiger partial charge in [0.15, 0.2) is 0 Å². The lowest BCUT2D eigenvalue weighted by atomic mass is 9.79. The summed E-state index contributed by atoms with van der Waals surface area (Å²) in [5, 5.41) is 0. The van der Waals surface area contributed by atoms with E-state index >= 15 is 0 Å². The van der Waals surface area contributed by atoms with Crippen molar-refractivity contribution in [3.63, 3.8) is 0 Å². The molecule has 0 saturated carbocycles. The number of halogens is 4. The molecule has 12 heteroatoms. The Labute approximate surface area is 578 Å². The lowest BCUT2D eigenvalue weighted by Crippen LogP contribution is -2.20. The second-order valence-electron chi connectivity index (χ2n) is 29.9. The summed E-state index contributed by atoms with van der Waals surface area (Å²) < 4.78 is 63.3. The molecule has 8 aromatic rings. The van der Waals surface area contributed by atoms with Crippen LogP contribution < -0.4 is 37.9 Å². The van der Waals surface area contributed by atoms with Gasteiger partial charge in [0.25, 0.3) is 0 Å². The van der Waals surface area contributed by atoms with Gasteiger partial charge in [-0.15, -0.1) is 0 Å². The summed E-state index contributed by atoms with van der Waals surface area (Å²) in [7, 11) is 0. The van der Waals surface area contributed by atoms with Gasteiger partial charge >= 0.3 is 0 Å². The molecule has 0 atom stereocenters. The average Bonchev–Trinajstić information content (AvgIpc) is 1.15. The Kier molecular flexibility index (Phi) is 17.8. The molecule has 8 nitrogen and oxygen atoms in total. The van der Waals surface area contributed by atoms with E-state index in [4.69, 9.17) is 37.9 Å². The first-order chi connectivity index (χ1) is 43.7. The van der Waals surface area contributed by atoms with Crippen LogP contribution in [0.25, 0.3) is 0 Å². The van der Waals surface area contributed by atoms with Crippen LogP contribution in [0.15, 0.2) is 115 Å². The van der Waals surface area contributed by atoms with Crippen molar-refractivity contribution in [2.24, 2.45) is 0 Å². The maximum absolute atomic E-state index is 7.52. The van der Waals surface area contributed by atoms with Gasteiger partial charge in [0, 0.05) is 114 Å². The Morgan fingerprint density at radius 3 is 0.413 bits per heavy atom. The Morgan fingerprint density at radius 1 is 0.196 bits per heavy atom. The molecule has 480 valence electrons. The number of benzene rings is 8. The monoisotopic (exact) mass is 1490 g/mol. The fourth-order valence-electron chi connectivity index (χ4n) is 14.0. The SMILES string of the molecule is CC(C)(C)c1cc2c3c(c1)Cc1cc(C(C)(C)C)cc4c1OCCOc1c5cc(Br)cc1Cc1cc(Br)cc6c1OCCOc1c(cc(C(C)(C)C)cc1C4)Cc1cc(C(C)(C)C)cc(c1OCCOc1c(cc(Br)cc1C6)Cc1cc(Br)cc(c1OCCO3)C5)C2. The Balaban J connectivity index is 1.19. The zero-order valence-electron chi connectivity index (χ0n) is 55.3. The highest BCUT2D eigenvalue weighted by Crippen LogP contribution is 2.48. The lowest BCUT2D eigenvalue weighted by Gasteiger charge is -2.30. The molecule has 4 heterocycles. The molecular weight excluding hydrogens is 1410 g/mol. The van der Waals surface area contributed by atoms with Crippen molar-refractivity contribution in [2.45, 2.75) is 156 Å². The predicted molar refractivity (Wildman–Crippen MR) is 384 cm³/mol. The standard InChI is InChI=1S/C80H84Br4O8/c1-77(2,3)61-29-45-21-47-31-62(78(4,5)6)33-49-23-51-35-64(80(10,11)12)36-52-24-50-34-63(79(7,8)9)32-48-22-46(30-61)69(45)85-13-17-89-73-53-25-55-39-66(82)41-57(74(55)90-18-14-86-70(47)49)27-59-43-68(84)44-60(76(59)92-20-16-88-72(51)52)28-58-42-67(83)40-56(26-54(73)38-65(81)37-53)75(58)91-19-15-87-71(48)50/h29-44H,13-28H2,1-12H3. The molecule has 0 N–H and O–H groups in total. The molecule has 0 saturated heterocycles. The Hall–Kier alpha value is -5.92. The van der Waals surface area contributed by atoms with Crippen molar-refractivity contribution in [3.05, 3.63) is 226 Å². The summed E-state index contributed by atoms with van der Waals surface area (Å²) in [5.41, 5.74) is 20.6. The van der Waals surface area contributed by atoms with E-state index in [2.05, 4.69) is 244 Å². The zero-order valence-corrected chi connectivity index (χ0v) is 61.7. The first kappa shape index (κ1) is 64.8. The van der Waals surface area contributed by atoms with E-state index < -0.39 is 0 Å². The molecule has 0 fully saturated rings. The van der Waals surface area contributed by atoms with Crippen molar-refractivity contribution in [2.75, 3.05) is 52.9 Å². The molecule has 0 amide bonds. The molecule has 14 rings (SSSR count). The maximum atomic E-state index is 7.52. The molecule has 4 aliphatic heterocycles. The van der Waals surface area contributed by atoms with Gasteiger partial charge in [0.2, 0.25) is 0 Å². The van der Waals surface area contributed by atoms with Gasteiger partial charge in [-0.2, -0.15) is 0 Å². The molecule has 0 radical (unpaired) electrons. The van der Waals surface area contributed by atoms with Gasteiger partial charge in [-0.05, 0) is 137 Å². The van der Waals surface area contributed by atoms with Crippen molar-refractivity contribution in [3.8, 4) is 46.0 Å². The summed E-state index contributed by atoms with van der Waals surface area (Å²) in [5.74, 6) is 6.58. The normalized spacial score (nSPS) is 15.8. The number of ether oxygens (including phenoxy) is 8. The second kappa shape index (κ2) is 25.3. The van der Waals surface area contributed by atoms with E-state index in [1.165, 1.54) is 22.3 Å². The van der Waals surface area contributed by atoms with Crippen LogP contribution in [0.1, 0.15) is 194 Å². The first-order valence-corrected chi connectivity index (χ1v) is 35.8. The van der Waals surface area contributed by atoms with Gasteiger partial charge in [-0.1, -0.05) is 195 Å². The summed E-state index contributed by atoms with van der Waals surface area (Å²) in [6.07, 6.45) is 4.05. The highest BCUT2D eigenvalue weighted by atomic mass is 79.9. The lowest BCUT2D eigenvalue weighted by molar-refractivity contribution is 0.207. The second-order valence-corrected chi connectivity index (χ2v) is 33.6. The van der Waals surface area contributed by atoms with Crippen LogP contribution in [0.3, 0.4) is 0 Å². The van der Waals surface area contributed by atoms with Crippen LogP contribution in [0, 0.1) is 0 Å². The van der Waals surface area contributed by atoms with Crippen molar-refractivity contribution in [1.29, 1.82) is 0 Å².